The van der Waals surface area contributed by atoms with Crippen LogP contribution in [-0.4, -0.2) is 19.3 Å². The Kier molecular flexibility index (Phi) is 4.97. The van der Waals surface area contributed by atoms with Crippen LogP contribution in [0.1, 0.15) is 29.2 Å². The summed E-state index contributed by atoms with van der Waals surface area (Å²) in [6.45, 7) is 9.81. The van der Waals surface area contributed by atoms with Gasteiger partial charge in [-0.1, -0.05) is 17.7 Å². The second-order valence-corrected chi connectivity index (χ2v) is 4.50. The summed E-state index contributed by atoms with van der Waals surface area (Å²) in [6, 6.07) is 4.53. The highest BCUT2D eigenvalue weighted by Crippen LogP contribution is 2.17. The molecule has 90 valence electrons. The van der Waals surface area contributed by atoms with Crippen LogP contribution < -0.4 is 5.73 Å². The van der Waals surface area contributed by atoms with Crippen LogP contribution in [-0.2, 0) is 11.2 Å². The molecule has 2 N–H and O–H groups in total. The Hall–Kier alpha value is -0.860. The minimum absolute atomic E-state index is 0.0973. The summed E-state index contributed by atoms with van der Waals surface area (Å²) in [5.41, 5.74) is 11.4. The summed E-state index contributed by atoms with van der Waals surface area (Å²) >= 11 is 0. The molecule has 1 atom stereocenters. The van der Waals surface area contributed by atoms with E-state index < -0.39 is 0 Å². The van der Waals surface area contributed by atoms with E-state index in [-0.39, 0.29) is 6.04 Å². The maximum absolute atomic E-state index is 6.04. The first kappa shape index (κ1) is 13.2. The summed E-state index contributed by atoms with van der Waals surface area (Å²) in [5, 5.41) is 0. The van der Waals surface area contributed by atoms with E-state index in [1.165, 1.54) is 22.3 Å². The van der Waals surface area contributed by atoms with Crippen LogP contribution in [0.4, 0.5) is 0 Å². The lowest BCUT2D eigenvalue weighted by molar-refractivity contribution is 0.133. The van der Waals surface area contributed by atoms with E-state index in [9.17, 15) is 0 Å². The van der Waals surface area contributed by atoms with Crippen LogP contribution in [0.3, 0.4) is 0 Å². The van der Waals surface area contributed by atoms with Crippen LogP contribution in [0.15, 0.2) is 12.1 Å². The SMILES string of the molecule is CCOCC(N)Cc1c(C)cc(C)cc1C. The number of ether oxygens (including phenoxy) is 1. The summed E-state index contributed by atoms with van der Waals surface area (Å²) < 4.78 is 5.35. The lowest BCUT2D eigenvalue weighted by Crippen LogP contribution is -2.29. The average Bonchev–Trinajstić information content (AvgIpc) is 2.20. The van der Waals surface area contributed by atoms with Crippen molar-refractivity contribution < 1.29 is 4.74 Å². The third-order valence-electron chi connectivity index (χ3n) is 2.84. The Balaban J connectivity index is 2.73. The van der Waals surface area contributed by atoms with Gasteiger partial charge in [0.05, 0.1) is 6.61 Å². The van der Waals surface area contributed by atoms with E-state index in [1.807, 2.05) is 6.92 Å². The fraction of sp³-hybridized carbons (Fsp3) is 0.571. The fourth-order valence-electron chi connectivity index (χ4n) is 2.12. The van der Waals surface area contributed by atoms with Gasteiger partial charge in [-0.3, -0.25) is 0 Å². The van der Waals surface area contributed by atoms with Gasteiger partial charge in [0, 0.05) is 12.6 Å². The Morgan fingerprint density at radius 1 is 1.19 bits per heavy atom. The Morgan fingerprint density at radius 2 is 1.75 bits per heavy atom. The van der Waals surface area contributed by atoms with Crippen molar-refractivity contribution in [1.29, 1.82) is 0 Å². The zero-order chi connectivity index (χ0) is 12.1. The Bertz CT molecular complexity index is 324. The number of hydrogen-bond acceptors (Lipinski definition) is 2. The molecular weight excluding hydrogens is 198 g/mol. The first-order valence-electron chi connectivity index (χ1n) is 5.94. The van der Waals surface area contributed by atoms with Gasteiger partial charge in [0.2, 0.25) is 0 Å². The average molecular weight is 221 g/mol. The quantitative estimate of drug-likeness (QED) is 0.829. The molecule has 2 nitrogen and oxygen atoms in total. The standard InChI is InChI=1S/C14H23NO/c1-5-16-9-13(15)8-14-11(3)6-10(2)7-12(14)4/h6-7,13H,5,8-9,15H2,1-4H3. The van der Waals surface area contributed by atoms with E-state index >= 15 is 0 Å². The molecule has 1 rings (SSSR count). The molecule has 0 aliphatic carbocycles. The van der Waals surface area contributed by atoms with Gasteiger partial charge in [0.15, 0.2) is 0 Å². The smallest absolute Gasteiger partial charge is 0.0620 e. The van der Waals surface area contributed by atoms with Gasteiger partial charge in [0.1, 0.15) is 0 Å². The highest BCUT2D eigenvalue weighted by molar-refractivity contribution is 5.37. The molecule has 0 saturated heterocycles. The van der Waals surface area contributed by atoms with Gasteiger partial charge in [-0.15, -0.1) is 0 Å². The fourth-order valence-corrected chi connectivity index (χ4v) is 2.12. The Labute approximate surface area is 98.8 Å². The molecule has 2 heteroatoms. The molecule has 0 saturated carbocycles. The largest absolute Gasteiger partial charge is 0.380 e. The highest BCUT2D eigenvalue weighted by atomic mass is 16.5. The number of nitrogens with two attached hydrogens (primary N) is 1. The monoisotopic (exact) mass is 221 g/mol. The van der Waals surface area contributed by atoms with Crippen LogP contribution in [0, 0.1) is 20.8 Å². The highest BCUT2D eigenvalue weighted by Gasteiger charge is 2.09. The molecule has 0 bridgehead atoms. The van der Waals surface area contributed by atoms with Gasteiger partial charge < -0.3 is 10.5 Å². The van der Waals surface area contributed by atoms with E-state index in [0.29, 0.717) is 6.61 Å². The van der Waals surface area contributed by atoms with Gasteiger partial charge in [-0.2, -0.15) is 0 Å². The molecule has 0 amide bonds. The molecule has 0 aliphatic rings. The lowest BCUT2D eigenvalue weighted by Gasteiger charge is -2.16. The molecule has 0 fully saturated rings. The van der Waals surface area contributed by atoms with Crippen LogP contribution in [0.25, 0.3) is 0 Å². The van der Waals surface area contributed by atoms with E-state index in [2.05, 4.69) is 32.9 Å². The third kappa shape index (κ3) is 3.62. The molecule has 1 unspecified atom stereocenters. The molecule has 0 radical (unpaired) electrons. The molecule has 0 spiro atoms. The topological polar surface area (TPSA) is 35.2 Å². The predicted molar refractivity (Wildman–Crippen MR) is 68.8 cm³/mol. The number of aryl methyl sites for hydroxylation is 3. The minimum Gasteiger partial charge on any atom is -0.380 e. The van der Waals surface area contributed by atoms with Crippen molar-refractivity contribution in [3.8, 4) is 0 Å². The predicted octanol–water partition coefficient (Wildman–Crippen LogP) is 2.52. The second kappa shape index (κ2) is 6.02. The number of hydrogen-bond donors (Lipinski definition) is 1. The normalized spacial score (nSPS) is 12.8. The summed E-state index contributed by atoms with van der Waals surface area (Å²) in [6.07, 6.45) is 0.901. The molecule has 0 aromatic heterocycles. The van der Waals surface area contributed by atoms with Gasteiger partial charge in [-0.25, -0.2) is 0 Å². The van der Waals surface area contributed by atoms with E-state index in [0.717, 1.165) is 13.0 Å². The maximum atomic E-state index is 6.04. The zero-order valence-corrected chi connectivity index (χ0v) is 10.8. The van der Waals surface area contributed by atoms with Crippen molar-refractivity contribution in [2.45, 2.75) is 40.2 Å². The van der Waals surface area contributed by atoms with Crippen molar-refractivity contribution in [2.75, 3.05) is 13.2 Å². The zero-order valence-electron chi connectivity index (χ0n) is 10.8. The summed E-state index contributed by atoms with van der Waals surface area (Å²) in [7, 11) is 0. The minimum atomic E-state index is 0.0973. The summed E-state index contributed by atoms with van der Waals surface area (Å²) in [4.78, 5) is 0. The van der Waals surface area contributed by atoms with Crippen molar-refractivity contribution in [3.05, 3.63) is 34.4 Å². The molecule has 0 aliphatic heterocycles. The van der Waals surface area contributed by atoms with E-state index in [4.69, 9.17) is 10.5 Å². The third-order valence-corrected chi connectivity index (χ3v) is 2.84. The van der Waals surface area contributed by atoms with Crippen molar-refractivity contribution >= 4 is 0 Å². The van der Waals surface area contributed by atoms with Crippen molar-refractivity contribution in [1.82, 2.24) is 0 Å². The maximum Gasteiger partial charge on any atom is 0.0620 e. The molecule has 1 aromatic carbocycles. The first-order chi connectivity index (χ1) is 7.54. The Morgan fingerprint density at radius 3 is 2.25 bits per heavy atom. The second-order valence-electron chi connectivity index (χ2n) is 4.50. The van der Waals surface area contributed by atoms with Crippen molar-refractivity contribution in [2.24, 2.45) is 5.73 Å². The van der Waals surface area contributed by atoms with E-state index in [1.54, 1.807) is 0 Å². The van der Waals surface area contributed by atoms with Gasteiger partial charge in [0.25, 0.3) is 0 Å². The summed E-state index contributed by atoms with van der Waals surface area (Å²) in [5.74, 6) is 0. The molecule has 0 heterocycles. The van der Waals surface area contributed by atoms with Crippen LogP contribution in [0.5, 0.6) is 0 Å². The van der Waals surface area contributed by atoms with Crippen LogP contribution >= 0.6 is 0 Å². The number of rotatable bonds is 5. The number of benzene rings is 1. The first-order valence-corrected chi connectivity index (χ1v) is 5.94. The van der Waals surface area contributed by atoms with Gasteiger partial charge >= 0.3 is 0 Å². The van der Waals surface area contributed by atoms with Crippen molar-refractivity contribution in [3.63, 3.8) is 0 Å². The lowest BCUT2D eigenvalue weighted by atomic mass is 9.95. The molecular formula is C14H23NO. The molecule has 1 aromatic rings. The van der Waals surface area contributed by atoms with Gasteiger partial charge in [-0.05, 0) is 50.8 Å². The van der Waals surface area contributed by atoms with Crippen LogP contribution in [0.2, 0.25) is 0 Å². The molecule has 16 heavy (non-hydrogen) atoms.